The molecule has 0 unspecified atom stereocenters. The van der Waals surface area contributed by atoms with Gasteiger partial charge >= 0.3 is 11.8 Å². The zero-order valence-corrected chi connectivity index (χ0v) is 14.0. The molecule has 0 saturated carbocycles. The first-order valence-corrected chi connectivity index (χ1v) is 7.61. The summed E-state index contributed by atoms with van der Waals surface area (Å²) >= 11 is 0. The highest BCUT2D eigenvalue weighted by atomic mass is 19.4. The first-order valence-electron chi connectivity index (χ1n) is 7.61. The summed E-state index contributed by atoms with van der Waals surface area (Å²) in [6, 6.07) is 3.99. The second-order valence-electron chi connectivity index (χ2n) is 6.21. The van der Waals surface area contributed by atoms with E-state index in [4.69, 9.17) is 9.15 Å². The van der Waals surface area contributed by atoms with Gasteiger partial charge in [-0.15, -0.1) is 0 Å². The number of nitrogens with one attached hydrogen (secondary N) is 1. The summed E-state index contributed by atoms with van der Waals surface area (Å²) in [6.45, 7) is 5.32. The summed E-state index contributed by atoms with van der Waals surface area (Å²) in [4.78, 5) is 23.2. The summed E-state index contributed by atoms with van der Waals surface area (Å²) in [5, 5.41) is 2.51. The first-order chi connectivity index (χ1) is 11.5. The molecule has 2 rings (SSSR count). The molecular formula is C17H18F3NO4. The Labute approximate surface area is 141 Å². The number of hydrogen-bond donors (Lipinski definition) is 1. The molecule has 136 valence electrons. The molecule has 0 spiro atoms. The summed E-state index contributed by atoms with van der Waals surface area (Å²) in [5.41, 5.74) is -2.84. The smallest absolute Gasteiger partial charge is 0.417 e. The van der Waals surface area contributed by atoms with Gasteiger partial charge in [-0.2, -0.15) is 13.2 Å². The first kappa shape index (κ1) is 18.8. The Morgan fingerprint density at radius 1 is 1.24 bits per heavy atom. The third kappa shape index (κ3) is 4.74. The molecule has 0 aliphatic carbocycles. The van der Waals surface area contributed by atoms with Gasteiger partial charge in [0.15, 0.2) is 6.61 Å². The van der Waals surface area contributed by atoms with Crippen LogP contribution in [0, 0.1) is 0 Å². The van der Waals surface area contributed by atoms with Gasteiger partial charge in [0.05, 0.1) is 5.56 Å². The molecule has 0 fully saturated rings. The van der Waals surface area contributed by atoms with E-state index < -0.39 is 22.9 Å². The maximum atomic E-state index is 13.0. The van der Waals surface area contributed by atoms with E-state index in [0.717, 1.165) is 18.6 Å². The Balaban J connectivity index is 2.22. The van der Waals surface area contributed by atoms with E-state index in [-0.39, 0.29) is 29.2 Å². The molecule has 0 aliphatic rings. The number of carbonyl (C=O) groups is 1. The van der Waals surface area contributed by atoms with Gasteiger partial charge in [-0.05, 0) is 32.4 Å². The number of amides is 1. The molecule has 1 aromatic carbocycles. The molecule has 8 heteroatoms. The number of fused-ring (bicyclic) bond motifs is 1. The molecule has 5 nitrogen and oxygen atoms in total. The van der Waals surface area contributed by atoms with Gasteiger partial charge in [-0.25, -0.2) is 4.79 Å². The van der Waals surface area contributed by atoms with Crippen LogP contribution in [0.1, 0.15) is 32.8 Å². The van der Waals surface area contributed by atoms with Crippen LogP contribution in [0.15, 0.2) is 33.5 Å². The lowest BCUT2D eigenvalue weighted by atomic mass is 10.0. The van der Waals surface area contributed by atoms with E-state index in [9.17, 15) is 22.8 Å². The summed E-state index contributed by atoms with van der Waals surface area (Å²) in [6.07, 6.45) is -3.96. The van der Waals surface area contributed by atoms with E-state index >= 15 is 0 Å². The molecule has 1 aromatic heterocycles. The Kier molecular flexibility index (Phi) is 5.10. The van der Waals surface area contributed by atoms with Gasteiger partial charge in [-0.3, -0.25) is 4.79 Å². The highest BCUT2D eigenvalue weighted by Gasteiger charge is 2.33. The normalized spacial score (nSPS) is 12.2. The number of rotatable bonds is 5. The summed E-state index contributed by atoms with van der Waals surface area (Å²) in [5.74, 6) is -0.239. The lowest BCUT2D eigenvalue weighted by Crippen LogP contribution is -2.44. The van der Waals surface area contributed by atoms with Crippen molar-refractivity contribution in [2.24, 2.45) is 0 Å². The van der Waals surface area contributed by atoms with E-state index in [2.05, 4.69) is 5.32 Å². The van der Waals surface area contributed by atoms with Crippen molar-refractivity contribution in [1.29, 1.82) is 0 Å². The molecule has 0 atom stereocenters. The van der Waals surface area contributed by atoms with Crippen molar-refractivity contribution in [2.45, 2.75) is 38.9 Å². The Morgan fingerprint density at radius 3 is 2.52 bits per heavy atom. The minimum Gasteiger partial charge on any atom is -0.484 e. The number of carbonyl (C=O) groups excluding carboxylic acids is 1. The number of ether oxygens (including phenoxy) is 1. The molecular weight excluding hydrogens is 339 g/mol. The van der Waals surface area contributed by atoms with Gasteiger partial charge in [0.2, 0.25) is 0 Å². The van der Waals surface area contributed by atoms with Gasteiger partial charge < -0.3 is 14.5 Å². The molecule has 0 aliphatic heterocycles. The van der Waals surface area contributed by atoms with E-state index in [1.165, 1.54) is 6.07 Å². The van der Waals surface area contributed by atoms with Gasteiger partial charge in [0.25, 0.3) is 5.91 Å². The lowest BCUT2D eigenvalue weighted by Gasteiger charge is -2.24. The number of alkyl halides is 3. The van der Waals surface area contributed by atoms with Crippen LogP contribution in [0.4, 0.5) is 13.2 Å². The maximum Gasteiger partial charge on any atom is 0.417 e. The largest absolute Gasteiger partial charge is 0.484 e. The van der Waals surface area contributed by atoms with Gasteiger partial charge in [0, 0.05) is 23.1 Å². The molecule has 0 saturated heterocycles. The van der Waals surface area contributed by atoms with Crippen LogP contribution in [0.2, 0.25) is 0 Å². The zero-order valence-electron chi connectivity index (χ0n) is 14.0. The highest BCUT2D eigenvalue weighted by molar-refractivity contribution is 5.82. The predicted octanol–water partition coefficient (Wildman–Crippen LogP) is 3.50. The average Bonchev–Trinajstić information content (AvgIpc) is 2.50. The minimum atomic E-state index is -4.68. The van der Waals surface area contributed by atoms with Crippen molar-refractivity contribution in [3.05, 3.63) is 40.2 Å². The second-order valence-corrected chi connectivity index (χ2v) is 6.21. The standard InChI is InChI=1S/C17H18F3NO4/c1-4-16(2,3)21-14(22)9-24-10-5-6-11-12(17(18,19)20)8-15(23)25-13(11)7-10/h5-8H,4,9H2,1-3H3,(H,21,22). The molecule has 0 radical (unpaired) electrons. The fraction of sp³-hybridized carbons (Fsp3) is 0.412. The zero-order chi connectivity index (χ0) is 18.8. The average molecular weight is 357 g/mol. The number of benzene rings is 1. The molecule has 0 bridgehead atoms. The predicted molar refractivity (Wildman–Crippen MR) is 85.5 cm³/mol. The SMILES string of the molecule is CCC(C)(C)NC(=O)COc1ccc2c(C(F)(F)F)cc(=O)oc2c1. The number of halogens is 3. The van der Waals surface area contributed by atoms with Crippen LogP contribution in [-0.4, -0.2) is 18.1 Å². The van der Waals surface area contributed by atoms with Crippen LogP contribution in [0.25, 0.3) is 11.0 Å². The van der Waals surface area contributed by atoms with E-state index in [1.54, 1.807) is 0 Å². The van der Waals surface area contributed by atoms with Crippen molar-refractivity contribution in [3.63, 3.8) is 0 Å². The van der Waals surface area contributed by atoms with Crippen molar-refractivity contribution in [2.75, 3.05) is 6.61 Å². The van der Waals surface area contributed by atoms with E-state index in [1.807, 2.05) is 20.8 Å². The Hall–Kier alpha value is -2.51. The minimum absolute atomic E-state index is 0.124. The van der Waals surface area contributed by atoms with Crippen molar-refractivity contribution in [3.8, 4) is 5.75 Å². The Morgan fingerprint density at radius 2 is 1.92 bits per heavy atom. The quantitative estimate of drug-likeness (QED) is 0.832. The number of hydrogen-bond acceptors (Lipinski definition) is 4. The third-order valence-corrected chi connectivity index (χ3v) is 3.75. The Bertz CT molecular complexity index is 840. The fourth-order valence-electron chi connectivity index (χ4n) is 2.12. The van der Waals surface area contributed by atoms with Crippen molar-refractivity contribution >= 4 is 16.9 Å². The van der Waals surface area contributed by atoms with Crippen LogP contribution in [0.3, 0.4) is 0 Å². The highest BCUT2D eigenvalue weighted by Crippen LogP contribution is 2.34. The molecule has 1 heterocycles. The molecule has 25 heavy (non-hydrogen) atoms. The molecule has 1 amide bonds. The fourth-order valence-corrected chi connectivity index (χ4v) is 2.12. The van der Waals surface area contributed by atoms with Gasteiger partial charge in [0.1, 0.15) is 11.3 Å². The van der Waals surface area contributed by atoms with Crippen molar-refractivity contribution < 1.29 is 27.1 Å². The van der Waals surface area contributed by atoms with E-state index in [0.29, 0.717) is 6.07 Å². The monoisotopic (exact) mass is 357 g/mol. The van der Waals surface area contributed by atoms with Crippen LogP contribution in [0.5, 0.6) is 5.75 Å². The lowest BCUT2D eigenvalue weighted by molar-refractivity contribution is -0.136. The molecule has 1 N–H and O–H groups in total. The van der Waals surface area contributed by atoms with Crippen molar-refractivity contribution in [1.82, 2.24) is 5.32 Å². The van der Waals surface area contributed by atoms with Crippen LogP contribution >= 0.6 is 0 Å². The summed E-state index contributed by atoms with van der Waals surface area (Å²) < 4.78 is 49.0. The van der Waals surface area contributed by atoms with Crippen LogP contribution in [-0.2, 0) is 11.0 Å². The topological polar surface area (TPSA) is 68.5 Å². The third-order valence-electron chi connectivity index (χ3n) is 3.75. The maximum absolute atomic E-state index is 13.0. The van der Waals surface area contributed by atoms with Crippen LogP contribution < -0.4 is 15.7 Å². The molecule has 2 aromatic rings. The van der Waals surface area contributed by atoms with Gasteiger partial charge in [-0.1, -0.05) is 6.92 Å². The second kappa shape index (κ2) is 6.78. The summed E-state index contributed by atoms with van der Waals surface area (Å²) in [7, 11) is 0.